The second kappa shape index (κ2) is 4.12. The molecule has 0 N–H and O–H groups in total. The van der Waals surface area contributed by atoms with Gasteiger partial charge in [0, 0.05) is 12.6 Å². The molecule has 0 aromatic carbocycles. The third-order valence-electron chi connectivity index (χ3n) is 1.93. The summed E-state index contributed by atoms with van der Waals surface area (Å²) in [5.74, 6) is -0.333. The van der Waals surface area contributed by atoms with E-state index in [1.165, 1.54) is 19.3 Å². The lowest BCUT2D eigenvalue weighted by atomic mass is 9.97. The molecule has 0 bridgehead atoms. The van der Waals surface area contributed by atoms with Gasteiger partial charge in [-0.05, 0) is 24.5 Å². The van der Waals surface area contributed by atoms with Crippen LogP contribution in [0.25, 0.3) is 0 Å². The number of rotatable bonds is 3. The number of halogens is 1. The maximum Gasteiger partial charge on any atom is 0.144 e. The summed E-state index contributed by atoms with van der Waals surface area (Å²) in [5, 5.41) is 0. The third-order valence-corrected chi connectivity index (χ3v) is 1.93. The predicted octanol–water partition coefficient (Wildman–Crippen LogP) is 2.30. The molecule has 1 heterocycles. The van der Waals surface area contributed by atoms with Crippen LogP contribution >= 0.6 is 0 Å². The minimum absolute atomic E-state index is 0.0690. The van der Waals surface area contributed by atoms with E-state index in [2.05, 4.69) is 4.98 Å². The smallest absolute Gasteiger partial charge is 0.144 e. The Labute approximate surface area is 76.8 Å². The molecule has 13 heavy (non-hydrogen) atoms. The number of aromatic nitrogens is 1. The second-order valence-corrected chi connectivity index (χ2v) is 3.20. The van der Waals surface area contributed by atoms with Gasteiger partial charge >= 0.3 is 0 Å². The highest BCUT2D eigenvalue weighted by atomic mass is 19.1. The molecule has 0 spiro atoms. The molecule has 1 aromatic rings. The largest absolute Gasteiger partial charge is 0.300 e. The molecule has 1 unspecified atom stereocenters. The lowest BCUT2D eigenvalue weighted by molar-refractivity contribution is -0.117. The van der Waals surface area contributed by atoms with Gasteiger partial charge in [0.15, 0.2) is 0 Å². The van der Waals surface area contributed by atoms with Gasteiger partial charge < -0.3 is 4.79 Å². The number of carbonyl (C=O) groups is 1. The van der Waals surface area contributed by atoms with Gasteiger partial charge in [-0.1, -0.05) is 6.92 Å². The van der Waals surface area contributed by atoms with Crippen LogP contribution in [-0.2, 0) is 4.79 Å². The van der Waals surface area contributed by atoms with Crippen molar-refractivity contribution in [1.82, 2.24) is 4.98 Å². The van der Waals surface area contributed by atoms with E-state index in [9.17, 15) is 9.18 Å². The minimum Gasteiger partial charge on any atom is -0.300 e. The molecule has 0 amide bonds. The van der Waals surface area contributed by atoms with Crippen LogP contribution in [0.2, 0.25) is 0 Å². The van der Waals surface area contributed by atoms with Gasteiger partial charge in [0.05, 0.1) is 6.20 Å². The Hall–Kier alpha value is -1.25. The topological polar surface area (TPSA) is 30.0 Å². The highest BCUT2D eigenvalue weighted by molar-refractivity contribution is 5.76. The summed E-state index contributed by atoms with van der Waals surface area (Å²) in [5.41, 5.74) is 0.560. The van der Waals surface area contributed by atoms with Crippen molar-refractivity contribution in [3.8, 4) is 0 Å². The van der Waals surface area contributed by atoms with E-state index in [0.717, 1.165) is 0 Å². The standard InChI is InChI=1S/C10H12FNO/c1-7(5-8(2)13)9-3-4-12-6-10(9)11/h3-4,6-7H,5H2,1-2H3. The Morgan fingerprint density at radius 2 is 2.38 bits per heavy atom. The Balaban J connectivity index is 2.82. The van der Waals surface area contributed by atoms with Gasteiger partial charge in [-0.25, -0.2) is 4.39 Å². The van der Waals surface area contributed by atoms with Gasteiger partial charge in [0.1, 0.15) is 11.6 Å². The Morgan fingerprint density at radius 3 is 2.92 bits per heavy atom. The summed E-state index contributed by atoms with van der Waals surface area (Å²) in [4.78, 5) is 14.4. The summed E-state index contributed by atoms with van der Waals surface area (Å²) in [7, 11) is 0. The molecule has 0 fully saturated rings. The van der Waals surface area contributed by atoms with Gasteiger partial charge in [-0.2, -0.15) is 0 Å². The van der Waals surface area contributed by atoms with Crippen molar-refractivity contribution >= 4 is 5.78 Å². The average molecular weight is 181 g/mol. The van der Waals surface area contributed by atoms with Crippen LogP contribution in [-0.4, -0.2) is 10.8 Å². The van der Waals surface area contributed by atoms with Crippen LogP contribution in [0.15, 0.2) is 18.5 Å². The first-order valence-electron chi connectivity index (χ1n) is 4.20. The first kappa shape index (κ1) is 9.84. The summed E-state index contributed by atoms with van der Waals surface area (Å²) < 4.78 is 13.1. The number of nitrogens with zero attached hydrogens (tertiary/aromatic N) is 1. The molecule has 1 atom stereocenters. The van der Waals surface area contributed by atoms with Gasteiger partial charge in [0.25, 0.3) is 0 Å². The van der Waals surface area contributed by atoms with Crippen molar-refractivity contribution in [3.63, 3.8) is 0 Å². The average Bonchev–Trinajstić information content (AvgIpc) is 2.03. The fourth-order valence-electron chi connectivity index (χ4n) is 1.33. The monoisotopic (exact) mass is 181 g/mol. The van der Waals surface area contributed by atoms with E-state index in [1.54, 1.807) is 6.07 Å². The zero-order valence-electron chi connectivity index (χ0n) is 7.75. The molecule has 0 saturated carbocycles. The van der Waals surface area contributed by atoms with E-state index in [0.29, 0.717) is 12.0 Å². The highest BCUT2D eigenvalue weighted by Gasteiger charge is 2.11. The van der Waals surface area contributed by atoms with Crippen LogP contribution in [0.1, 0.15) is 31.7 Å². The Morgan fingerprint density at radius 1 is 1.69 bits per heavy atom. The molecule has 0 aliphatic carbocycles. The molecule has 0 aliphatic rings. The summed E-state index contributed by atoms with van der Waals surface area (Å²) in [6.07, 6.45) is 3.09. The fraction of sp³-hybridized carbons (Fsp3) is 0.400. The molecule has 3 heteroatoms. The molecule has 0 aliphatic heterocycles. The van der Waals surface area contributed by atoms with E-state index in [4.69, 9.17) is 0 Å². The molecule has 0 radical (unpaired) electrons. The van der Waals surface area contributed by atoms with E-state index < -0.39 is 0 Å². The van der Waals surface area contributed by atoms with E-state index in [-0.39, 0.29) is 17.5 Å². The third kappa shape index (κ3) is 2.61. The van der Waals surface area contributed by atoms with Crippen molar-refractivity contribution in [2.24, 2.45) is 0 Å². The minimum atomic E-state index is -0.337. The van der Waals surface area contributed by atoms with Crippen LogP contribution in [0, 0.1) is 5.82 Å². The van der Waals surface area contributed by atoms with Crippen molar-refractivity contribution in [3.05, 3.63) is 29.8 Å². The van der Waals surface area contributed by atoms with E-state index >= 15 is 0 Å². The zero-order valence-corrected chi connectivity index (χ0v) is 7.75. The lowest BCUT2D eigenvalue weighted by Crippen LogP contribution is -2.02. The van der Waals surface area contributed by atoms with Crippen molar-refractivity contribution < 1.29 is 9.18 Å². The first-order chi connectivity index (χ1) is 6.11. The molecule has 70 valence electrons. The number of Topliss-reactive ketones (excluding diaryl/α,β-unsaturated/α-hetero) is 1. The maximum absolute atomic E-state index is 13.1. The molecular weight excluding hydrogens is 169 g/mol. The number of pyridine rings is 1. The molecular formula is C10H12FNO. The number of carbonyl (C=O) groups excluding carboxylic acids is 1. The summed E-state index contributed by atoms with van der Waals surface area (Å²) in [6, 6.07) is 1.61. The quantitative estimate of drug-likeness (QED) is 0.716. The molecule has 1 aromatic heterocycles. The van der Waals surface area contributed by atoms with Gasteiger partial charge in [-0.3, -0.25) is 4.98 Å². The SMILES string of the molecule is CC(=O)CC(C)c1ccncc1F. The fourth-order valence-corrected chi connectivity index (χ4v) is 1.33. The van der Waals surface area contributed by atoms with Crippen LogP contribution in [0.5, 0.6) is 0 Å². The highest BCUT2D eigenvalue weighted by Crippen LogP contribution is 2.20. The molecule has 0 saturated heterocycles. The van der Waals surface area contributed by atoms with Crippen molar-refractivity contribution in [1.29, 1.82) is 0 Å². The van der Waals surface area contributed by atoms with E-state index in [1.807, 2.05) is 6.92 Å². The summed E-state index contributed by atoms with van der Waals surface area (Å²) >= 11 is 0. The normalized spacial score (nSPS) is 12.5. The van der Waals surface area contributed by atoms with Crippen LogP contribution in [0.4, 0.5) is 4.39 Å². The van der Waals surface area contributed by atoms with Crippen LogP contribution < -0.4 is 0 Å². The first-order valence-corrected chi connectivity index (χ1v) is 4.20. The van der Waals surface area contributed by atoms with Gasteiger partial charge in [-0.15, -0.1) is 0 Å². The number of hydrogen-bond donors (Lipinski definition) is 0. The van der Waals surface area contributed by atoms with Gasteiger partial charge in [0.2, 0.25) is 0 Å². The maximum atomic E-state index is 13.1. The van der Waals surface area contributed by atoms with Crippen molar-refractivity contribution in [2.45, 2.75) is 26.2 Å². The summed E-state index contributed by atoms with van der Waals surface area (Å²) in [6.45, 7) is 3.34. The number of hydrogen-bond acceptors (Lipinski definition) is 2. The Bertz CT molecular complexity index is 312. The zero-order chi connectivity index (χ0) is 9.84. The second-order valence-electron chi connectivity index (χ2n) is 3.20. The number of ketones is 1. The molecule has 1 rings (SSSR count). The Kier molecular flexibility index (Phi) is 3.12. The predicted molar refractivity (Wildman–Crippen MR) is 47.9 cm³/mol. The lowest BCUT2D eigenvalue weighted by Gasteiger charge is -2.09. The van der Waals surface area contributed by atoms with Crippen LogP contribution in [0.3, 0.4) is 0 Å². The van der Waals surface area contributed by atoms with Crippen molar-refractivity contribution in [2.75, 3.05) is 0 Å². The molecule has 2 nitrogen and oxygen atoms in total.